The Morgan fingerprint density at radius 2 is 2.00 bits per heavy atom. The lowest BCUT2D eigenvalue weighted by atomic mass is 10.2. The molecule has 1 saturated heterocycles. The van der Waals surface area contributed by atoms with Gasteiger partial charge < -0.3 is 15.0 Å². The molecule has 8 nitrogen and oxygen atoms in total. The van der Waals surface area contributed by atoms with Crippen molar-refractivity contribution < 1.29 is 14.5 Å². The van der Waals surface area contributed by atoms with Crippen molar-refractivity contribution in [3.8, 4) is 0 Å². The Balaban J connectivity index is 1.83. The number of carbonyl (C=O) groups excluding carboxylic acids is 1. The Bertz CT molecular complexity index is 573. The third-order valence-corrected chi connectivity index (χ3v) is 4.23. The first kappa shape index (κ1) is 18.2. The van der Waals surface area contributed by atoms with E-state index in [1.165, 1.54) is 6.07 Å². The van der Waals surface area contributed by atoms with Crippen molar-refractivity contribution in [2.75, 3.05) is 51.8 Å². The molecule has 2 rings (SSSR count). The average Bonchev–Trinajstić information content (AvgIpc) is 2.60. The fourth-order valence-corrected chi connectivity index (χ4v) is 2.82. The van der Waals surface area contributed by atoms with E-state index < -0.39 is 4.92 Å². The summed E-state index contributed by atoms with van der Waals surface area (Å²) in [6.45, 7) is 5.77. The van der Waals surface area contributed by atoms with Gasteiger partial charge in [-0.25, -0.2) is 0 Å². The SMILES string of the molecule is COCC(C)N1CCN(C(=O)CNc2ccccc2[N+](=O)[O-])CC1. The number of piperazine rings is 1. The van der Waals surface area contributed by atoms with Gasteiger partial charge >= 0.3 is 0 Å². The molecule has 1 amide bonds. The summed E-state index contributed by atoms with van der Waals surface area (Å²) in [5.41, 5.74) is 0.340. The fraction of sp³-hybridized carbons (Fsp3) is 0.562. The molecule has 1 heterocycles. The van der Waals surface area contributed by atoms with Crippen molar-refractivity contribution in [3.63, 3.8) is 0 Å². The van der Waals surface area contributed by atoms with E-state index in [2.05, 4.69) is 17.1 Å². The van der Waals surface area contributed by atoms with E-state index in [0.29, 0.717) is 31.4 Å². The number of nitrogens with one attached hydrogen (secondary N) is 1. The first-order valence-electron chi connectivity index (χ1n) is 8.01. The third kappa shape index (κ3) is 4.65. The van der Waals surface area contributed by atoms with E-state index in [1.54, 1.807) is 30.2 Å². The number of amides is 1. The van der Waals surface area contributed by atoms with Gasteiger partial charge in [-0.05, 0) is 13.0 Å². The minimum Gasteiger partial charge on any atom is -0.383 e. The van der Waals surface area contributed by atoms with Gasteiger partial charge in [-0.2, -0.15) is 0 Å². The number of rotatable bonds is 7. The molecule has 1 unspecified atom stereocenters. The van der Waals surface area contributed by atoms with Gasteiger partial charge in [0.15, 0.2) is 0 Å². The summed E-state index contributed by atoms with van der Waals surface area (Å²) in [5.74, 6) is -0.0489. The third-order valence-electron chi connectivity index (χ3n) is 4.23. The molecule has 0 aliphatic carbocycles. The van der Waals surface area contributed by atoms with Crippen LogP contribution in [0.3, 0.4) is 0 Å². The van der Waals surface area contributed by atoms with Crippen molar-refractivity contribution in [3.05, 3.63) is 34.4 Å². The van der Waals surface area contributed by atoms with E-state index in [-0.39, 0.29) is 18.1 Å². The Morgan fingerprint density at radius 1 is 1.33 bits per heavy atom. The van der Waals surface area contributed by atoms with Crippen molar-refractivity contribution >= 4 is 17.3 Å². The number of nitrogens with zero attached hydrogens (tertiary/aromatic N) is 3. The molecular formula is C16H24N4O4. The lowest BCUT2D eigenvalue weighted by Crippen LogP contribution is -2.53. The number of methoxy groups -OCH3 is 1. The standard InChI is InChI=1S/C16H24N4O4/c1-13(12-24-2)18-7-9-19(10-8-18)16(21)11-17-14-5-3-4-6-15(14)20(22)23/h3-6,13,17H,7-12H2,1-2H3. The number of para-hydroxylation sites is 2. The van der Waals surface area contributed by atoms with Crippen LogP contribution in [0.4, 0.5) is 11.4 Å². The largest absolute Gasteiger partial charge is 0.383 e. The second kappa shape index (κ2) is 8.60. The van der Waals surface area contributed by atoms with E-state index in [1.807, 2.05) is 0 Å². The van der Waals surface area contributed by atoms with Gasteiger partial charge in [-0.3, -0.25) is 19.8 Å². The summed E-state index contributed by atoms with van der Waals surface area (Å²) >= 11 is 0. The van der Waals surface area contributed by atoms with Crippen LogP contribution in [0.15, 0.2) is 24.3 Å². The minimum absolute atomic E-state index is 0.0245. The molecule has 1 aliphatic heterocycles. The molecule has 0 radical (unpaired) electrons. The lowest BCUT2D eigenvalue weighted by Gasteiger charge is -2.37. The molecule has 0 spiro atoms. The highest BCUT2D eigenvalue weighted by molar-refractivity contribution is 5.82. The monoisotopic (exact) mass is 336 g/mol. The summed E-state index contributed by atoms with van der Waals surface area (Å²) in [6.07, 6.45) is 0. The summed E-state index contributed by atoms with van der Waals surface area (Å²) in [5, 5.41) is 13.9. The van der Waals surface area contributed by atoms with Gasteiger partial charge in [0.1, 0.15) is 5.69 Å². The molecule has 24 heavy (non-hydrogen) atoms. The minimum atomic E-state index is -0.456. The molecule has 1 aromatic rings. The molecule has 0 aromatic heterocycles. The van der Waals surface area contributed by atoms with Crippen LogP contribution in [0, 0.1) is 10.1 Å². The molecular weight excluding hydrogens is 312 g/mol. The molecule has 1 N–H and O–H groups in total. The van der Waals surface area contributed by atoms with E-state index in [9.17, 15) is 14.9 Å². The summed E-state index contributed by atoms with van der Waals surface area (Å²) in [6, 6.07) is 6.66. The zero-order valence-electron chi connectivity index (χ0n) is 14.1. The molecule has 132 valence electrons. The second-order valence-electron chi connectivity index (χ2n) is 5.85. The average molecular weight is 336 g/mol. The van der Waals surface area contributed by atoms with Crippen LogP contribution in [-0.2, 0) is 9.53 Å². The quantitative estimate of drug-likeness (QED) is 0.594. The maximum atomic E-state index is 12.3. The highest BCUT2D eigenvalue weighted by atomic mass is 16.6. The van der Waals surface area contributed by atoms with Gasteiger partial charge in [-0.15, -0.1) is 0 Å². The smallest absolute Gasteiger partial charge is 0.292 e. The number of carbonyl (C=O) groups is 1. The van der Waals surface area contributed by atoms with Crippen molar-refractivity contribution in [2.24, 2.45) is 0 Å². The maximum Gasteiger partial charge on any atom is 0.292 e. The predicted molar refractivity (Wildman–Crippen MR) is 91.1 cm³/mol. The predicted octanol–water partition coefficient (Wildman–Crippen LogP) is 1.19. The zero-order chi connectivity index (χ0) is 17.5. The van der Waals surface area contributed by atoms with E-state index in [0.717, 1.165) is 13.1 Å². The van der Waals surface area contributed by atoms with Crippen LogP contribution in [0.5, 0.6) is 0 Å². The fourth-order valence-electron chi connectivity index (χ4n) is 2.82. The van der Waals surface area contributed by atoms with Crippen molar-refractivity contribution in [1.82, 2.24) is 9.80 Å². The summed E-state index contributed by atoms with van der Waals surface area (Å²) in [4.78, 5) is 26.9. The molecule has 1 aliphatic rings. The van der Waals surface area contributed by atoms with Crippen LogP contribution in [0.2, 0.25) is 0 Å². The topological polar surface area (TPSA) is 88.0 Å². The van der Waals surface area contributed by atoms with E-state index >= 15 is 0 Å². The normalized spacial score (nSPS) is 16.7. The number of nitro groups is 1. The zero-order valence-corrected chi connectivity index (χ0v) is 14.1. The van der Waals surface area contributed by atoms with Crippen LogP contribution >= 0.6 is 0 Å². The molecule has 0 saturated carbocycles. The molecule has 8 heteroatoms. The van der Waals surface area contributed by atoms with E-state index in [4.69, 9.17) is 4.74 Å². The van der Waals surface area contributed by atoms with Crippen molar-refractivity contribution in [2.45, 2.75) is 13.0 Å². The number of hydrogen-bond acceptors (Lipinski definition) is 6. The Hall–Kier alpha value is -2.19. The highest BCUT2D eigenvalue weighted by Crippen LogP contribution is 2.22. The first-order chi connectivity index (χ1) is 11.5. The molecule has 0 bridgehead atoms. The summed E-state index contributed by atoms with van der Waals surface area (Å²) < 4.78 is 5.16. The van der Waals surface area contributed by atoms with Crippen LogP contribution in [0.25, 0.3) is 0 Å². The van der Waals surface area contributed by atoms with Gasteiger partial charge in [-0.1, -0.05) is 12.1 Å². The highest BCUT2D eigenvalue weighted by Gasteiger charge is 2.24. The summed E-state index contributed by atoms with van der Waals surface area (Å²) in [7, 11) is 1.69. The second-order valence-corrected chi connectivity index (χ2v) is 5.85. The van der Waals surface area contributed by atoms with Gasteiger partial charge in [0, 0.05) is 45.4 Å². The van der Waals surface area contributed by atoms with Crippen LogP contribution in [0.1, 0.15) is 6.92 Å². The van der Waals surface area contributed by atoms with Gasteiger partial charge in [0.2, 0.25) is 5.91 Å². The van der Waals surface area contributed by atoms with Crippen LogP contribution < -0.4 is 5.32 Å². The van der Waals surface area contributed by atoms with Gasteiger partial charge in [0.25, 0.3) is 5.69 Å². The maximum absolute atomic E-state index is 12.3. The van der Waals surface area contributed by atoms with Crippen molar-refractivity contribution in [1.29, 1.82) is 0 Å². The number of ether oxygens (including phenoxy) is 1. The number of nitro benzene ring substituents is 1. The Kier molecular flexibility index (Phi) is 6.51. The first-order valence-corrected chi connectivity index (χ1v) is 8.01. The number of benzene rings is 1. The molecule has 1 fully saturated rings. The van der Waals surface area contributed by atoms with Crippen LogP contribution in [-0.4, -0.2) is 73.1 Å². The number of anilines is 1. The Morgan fingerprint density at radius 3 is 2.62 bits per heavy atom. The Labute approximate surface area is 141 Å². The molecule has 1 aromatic carbocycles. The van der Waals surface area contributed by atoms with Gasteiger partial charge in [0.05, 0.1) is 18.1 Å². The molecule has 1 atom stereocenters. The number of hydrogen-bond donors (Lipinski definition) is 1. The lowest BCUT2D eigenvalue weighted by molar-refractivity contribution is -0.383.